The van der Waals surface area contributed by atoms with E-state index in [9.17, 15) is 0 Å². The Morgan fingerprint density at radius 3 is 2.48 bits per heavy atom. The van der Waals surface area contributed by atoms with Crippen LogP contribution in [-0.4, -0.2) is 15.6 Å². The van der Waals surface area contributed by atoms with E-state index in [2.05, 4.69) is 57.4 Å². The highest BCUT2D eigenvalue weighted by Gasteiger charge is 2.18. The van der Waals surface area contributed by atoms with Crippen LogP contribution in [0.25, 0.3) is 11.0 Å². The summed E-state index contributed by atoms with van der Waals surface area (Å²) in [6, 6.07) is 7.29. The van der Waals surface area contributed by atoms with Gasteiger partial charge in [0.25, 0.3) is 0 Å². The zero-order chi connectivity index (χ0) is 15.6. The third-order valence-electron chi connectivity index (χ3n) is 4.13. The summed E-state index contributed by atoms with van der Waals surface area (Å²) in [5, 5.41) is 0. The van der Waals surface area contributed by atoms with E-state index in [0.29, 0.717) is 18.0 Å². The van der Waals surface area contributed by atoms with Gasteiger partial charge in [-0.05, 0) is 58.2 Å². The number of rotatable bonds is 6. The molecule has 0 amide bonds. The van der Waals surface area contributed by atoms with Gasteiger partial charge in [-0.3, -0.25) is 0 Å². The highest BCUT2D eigenvalue weighted by molar-refractivity contribution is 5.77. The largest absolute Gasteiger partial charge is 0.328 e. The van der Waals surface area contributed by atoms with E-state index in [1.54, 1.807) is 0 Å². The molecule has 2 rings (SSSR count). The lowest BCUT2D eigenvalue weighted by Gasteiger charge is -2.18. The van der Waals surface area contributed by atoms with Crippen molar-refractivity contribution in [2.45, 2.75) is 71.9 Å². The Morgan fingerprint density at radius 1 is 1.14 bits per heavy atom. The maximum atomic E-state index is 5.85. The minimum Gasteiger partial charge on any atom is -0.328 e. The maximum Gasteiger partial charge on any atom is 0.112 e. The number of nitrogens with zero attached hydrogens (tertiary/aromatic N) is 2. The van der Waals surface area contributed by atoms with Crippen LogP contribution in [0.4, 0.5) is 0 Å². The summed E-state index contributed by atoms with van der Waals surface area (Å²) in [4.78, 5) is 4.92. The minimum absolute atomic E-state index is 0.295. The lowest BCUT2D eigenvalue weighted by Crippen LogP contribution is -2.15. The fraction of sp³-hybridized carbons (Fsp3) is 0.611. The van der Waals surface area contributed by atoms with Crippen LogP contribution in [0.2, 0.25) is 0 Å². The van der Waals surface area contributed by atoms with Crippen LogP contribution < -0.4 is 5.73 Å². The molecule has 1 aromatic heterocycles. The van der Waals surface area contributed by atoms with Crippen LogP contribution in [0.3, 0.4) is 0 Å². The predicted octanol–water partition coefficient (Wildman–Crippen LogP) is 4.55. The molecule has 0 fully saturated rings. The van der Waals surface area contributed by atoms with Crippen molar-refractivity contribution in [2.24, 2.45) is 5.73 Å². The van der Waals surface area contributed by atoms with Crippen molar-refractivity contribution < 1.29 is 0 Å². The molecule has 116 valence electrons. The van der Waals surface area contributed by atoms with Gasteiger partial charge in [-0.25, -0.2) is 4.98 Å². The smallest absolute Gasteiger partial charge is 0.112 e. The maximum absolute atomic E-state index is 5.85. The molecule has 2 atom stereocenters. The van der Waals surface area contributed by atoms with Gasteiger partial charge < -0.3 is 10.3 Å². The molecule has 0 aliphatic heterocycles. The van der Waals surface area contributed by atoms with E-state index >= 15 is 0 Å². The van der Waals surface area contributed by atoms with Gasteiger partial charge in [0.1, 0.15) is 5.82 Å². The summed E-state index contributed by atoms with van der Waals surface area (Å²) in [6.45, 7) is 11.0. The van der Waals surface area contributed by atoms with Crippen molar-refractivity contribution in [3.05, 3.63) is 29.6 Å². The molecule has 0 radical (unpaired) electrons. The Bertz CT molecular complexity index is 596. The van der Waals surface area contributed by atoms with Gasteiger partial charge in [0.05, 0.1) is 11.0 Å². The highest BCUT2D eigenvalue weighted by atomic mass is 15.1. The zero-order valence-corrected chi connectivity index (χ0v) is 14.1. The molecule has 3 heteroatoms. The summed E-state index contributed by atoms with van der Waals surface area (Å²) >= 11 is 0. The molecule has 0 spiro atoms. The molecule has 2 N–H and O–H groups in total. The number of aromatic nitrogens is 2. The van der Waals surface area contributed by atoms with E-state index in [1.165, 1.54) is 23.3 Å². The van der Waals surface area contributed by atoms with E-state index < -0.39 is 0 Å². The summed E-state index contributed by atoms with van der Waals surface area (Å²) in [6.07, 6.45) is 3.40. The van der Waals surface area contributed by atoms with Crippen molar-refractivity contribution in [3.63, 3.8) is 0 Å². The topological polar surface area (TPSA) is 43.8 Å². The zero-order valence-electron chi connectivity index (χ0n) is 14.1. The molecular weight excluding hydrogens is 258 g/mol. The van der Waals surface area contributed by atoms with Crippen molar-refractivity contribution in [2.75, 3.05) is 0 Å². The summed E-state index contributed by atoms with van der Waals surface area (Å²) < 4.78 is 2.39. The van der Waals surface area contributed by atoms with Crippen LogP contribution in [0.15, 0.2) is 18.2 Å². The van der Waals surface area contributed by atoms with Gasteiger partial charge in [-0.15, -0.1) is 0 Å². The van der Waals surface area contributed by atoms with E-state index in [1.807, 2.05) is 0 Å². The minimum atomic E-state index is 0.295. The summed E-state index contributed by atoms with van der Waals surface area (Å²) in [7, 11) is 0. The van der Waals surface area contributed by atoms with Crippen LogP contribution in [0.5, 0.6) is 0 Å². The van der Waals surface area contributed by atoms with Crippen LogP contribution in [0, 0.1) is 6.92 Å². The average molecular weight is 287 g/mol. The Kier molecular flexibility index (Phi) is 5.04. The molecule has 3 nitrogen and oxygen atoms in total. The molecule has 0 aliphatic carbocycles. The number of hydrogen-bond donors (Lipinski definition) is 1. The van der Waals surface area contributed by atoms with E-state index in [4.69, 9.17) is 10.7 Å². The quantitative estimate of drug-likeness (QED) is 0.847. The Morgan fingerprint density at radius 2 is 1.86 bits per heavy atom. The number of fused-ring (bicyclic) bond motifs is 1. The average Bonchev–Trinajstić information content (AvgIpc) is 2.76. The van der Waals surface area contributed by atoms with Gasteiger partial charge in [-0.2, -0.15) is 0 Å². The third-order valence-corrected chi connectivity index (χ3v) is 4.13. The first-order valence-electron chi connectivity index (χ1n) is 8.14. The Labute approximate surface area is 128 Å². The molecule has 1 aromatic carbocycles. The third kappa shape index (κ3) is 3.65. The van der Waals surface area contributed by atoms with Gasteiger partial charge in [0.15, 0.2) is 0 Å². The lowest BCUT2D eigenvalue weighted by molar-refractivity contribution is 0.504. The first-order valence-corrected chi connectivity index (χ1v) is 8.14. The van der Waals surface area contributed by atoms with E-state index in [0.717, 1.165) is 18.4 Å². The van der Waals surface area contributed by atoms with Crippen LogP contribution >= 0.6 is 0 Å². The van der Waals surface area contributed by atoms with Gasteiger partial charge in [0, 0.05) is 18.0 Å². The standard InChI is InChI=1S/C18H29N3/c1-12(2)21-17-10-9-13(3)11-16(17)20-18(21)14(4)7-6-8-15(5)19/h9-12,14-15H,6-8,19H2,1-5H3. The summed E-state index contributed by atoms with van der Waals surface area (Å²) in [5.74, 6) is 1.69. The van der Waals surface area contributed by atoms with Gasteiger partial charge in [0.2, 0.25) is 0 Å². The monoisotopic (exact) mass is 287 g/mol. The lowest BCUT2D eigenvalue weighted by atomic mass is 10.0. The first kappa shape index (κ1) is 16.0. The second-order valence-electron chi connectivity index (χ2n) is 6.74. The van der Waals surface area contributed by atoms with Gasteiger partial charge >= 0.3 is 0 Å². The molecule has 1 heterocycles. The van der Waals surface area contributed by atoms with Crippen molar-refractivity contribution in [1.82, 2.24) is 9.55 Å². The molecule has 21 heavy (non-hydrogen) atoms. The van der Waals surface area contributed by atoms with Gasteiger partial charge in [-0.1, -0.05) is 19.4 Å². The predicted molar refractivity (Wildman–Crippen MR) is 90.8 cm³/mol. The SMILES string of the molecule is Cc1ccc2c(c1)nc(C(C)CCCC(C)N)n2C(C)C. The van der Waals surface area contributed by atoms with Crippen molar-refractivity contribution in [1.29, 1.82) is 0 Å². The number of aryl methyl sites for hydroxylation is 1. The van der Waals surface area contributed by atoms with Crippen molar-refractivity contribution >= 4 is 11.0 Å². The molecule has 0 aliphatic rings. The van der Waals surface area contributed by atoms with Crippen molar-refractivity contribution in [3.8, 4) is 0 Å². The normalized spacial score (nSPS) is 14.8. The molecule has 0 bridgehead atoms. The first-order chi connectivity index (χ1) is 9.90. The number of hydrogen-bond acceptors (Lipinski definition) is 2. The molecule has 2 unspecified atom stereocenters. The fourth-order valence-electron chi connectivity index (χ4n) is 2.99. The number of nitrogens with two attached hydrogens (primary N) is 1. The Balaban J connectivity index is 2.31. The van der Waals surface area contributed by atoms with Crippen LogP contribution in [-0.2, 0) is 0 Å². The number of benzene rings is 1. The molecule has 0 saturated heterocycles. The second kappa shape index (κ2) is 6.61. The molecular formula is C18H29N3. The fourth-order valence-corrected chi connectivity index (χ4v) is 2.99. The highest BCUT2D eigenvalue weighted by Crippen LogP contribution is 2.29. The van der Waals surface area contributed by atoms with E-state index in [-0.39, 0.29) is 0 Å². The number of imidazole rings is 1. The molecule has 0 saturated carbocycles. The van der Waals surface area contributed by atoms with Crippen LogP contribution in [0.1, 0.15) is 70.3 Å². The molecule has 2 aromatic rings. The Hall–Kier alpha value is -1.35. The summed E-state index contributed by atoms with van der Waals surface area (Å²) in [5.41, 5.74) is 9.50. The second-order valence-corrected chi connectivity index (χ2v) is 6.74.